The Kier molecular flexibility index (Phi) is 4.81. The van der Waals surface area contributed by atoms with Crippen LogP contribution in [0.5, 0.6) is 0 Å². The van der Waals surface area contributed by atoms with Crippen LogP contribution in [-0.2, 0) is 17.8 Å². The van der Waals surface area contributed by atoms with Crippen LogP contribution in [0.2, 0.25) is 0 Å². The lowest BCUT2D eigenvalue weighted by Crippen LogP contribution is -2.31. The molecular weight excluding hydrogens is 296 g/mol. The van der Waals surface area contributed by atoms with Gasteiger partial charge in [-0.15, -0.1) is 0 Å². The molecule has 0 saturated carbocycles. The molecular formula is C14H15F2N3O3. The Bertz CT molecular complexity index is 675. The van der Waals surface area contributed by atoms with Crippen LogP contribution in [0.1, 0.15) is 30.2 Å². The van der Waals surface area contributed by atoms with Crippen LogP contribution >= 0.6 is 0 Å². The largest absolute Gasteiger partial charge is 0.480 e. The number of carboxylic acid groups (broad SMARTS) is 1. The zero-order valence-corrected chi connectivity index (χ0v) is 12.1. The fourth-order valence-electron chi connectivity index (χ4n) is 2.10. The van der Waals surface area contributed by atoms with Crippen LogP contribution in [0.15, 0.2) is 22.7 Å². The summed E-state index contributed by atoms with van der Waals surface area (Å²) in [5.74, 6) is -2.87. The van der Waals surface area contributed by atoms with Gasteiger partial charge in [0, 0.05) is 12.0 Å². The van der Waals surface area contributed by atoms with E-state index in [4.69, 9.17) is 4.52 Å². The summed E-state index contributed by atoms with van der Waals surface area (Å²) in [4.78, 5) is 16.8. The number of carbonyl (C=O) groups is 1. The van der Waals surface area contributed by atoms with Gasteiger partial charge in [0.05, 0.1) is 6.54 Å². The molecule has 0 saturated heterocycles. The molecule has 0 aliphatic carbocycles. The van der Waals surface area contributed by atoms with Crippen molar-refractivity contribution in [1.82, 2.24) is 15.0 Å². The molecule has 0 bridgehead atoms. The van der Waals surface area contributed by atoms with E-state index in [0.717, 1.165) is 6.07 Å². The number of aromatic nitrogens is 2. The number of hydrogen-bond donors (Lipinski definition) is 1. The third kappa shape index (κ3) is 3.28. The maximum atomic E-state index is 13.9. The predicted octanol–water partition coefficient (Wildman–Crippen LogP) is 2.17. The molecule has 0 amide bonds. The van der Waals surface area contributed by atoms with Crippen LogP contribution in [0, 0.1) is 11.6 Å². The van der Waals surface area contributed by atoms with Crippen molar-refractivity contribution in [3.8, 4) is 0 Å². The summed E-state index contributed by atoms with van der Waals surface area (Å²) in [6.45, 7) is 1.86. The predicted molar refractivity (Wildman–Crippen MR) is 71.9 cm³/mol. The van der Waals surface area contributed by atoms with Crippen molar-refractivity contribution < 1.29 is 23.2 Å². The second kappa shape index (κ2) is 6.61. The molecule has 8 heteroatoms. The lowest BCUT2D eigenvalue weighted by atomic mass is 10.0. The van der Waals surface area contributed by atoms with E-state index in [9.17, 15) is 18.7 Å². The van der Waals surface area contributed by atoms with Crippen molar-refractivity contribution in [3.63, 3.8) is 0 Å². The highest BCUT2D eigenvalue weighted by molar-refractivity contribution is 5.75. The zero-order chi connectivity index (χ0) is 16.3. The van der Waals surface area contributed by atoms with Crippen LogP contribution < -0.4 is 0 Å². The molecule has 0 radical (unpaired) electrons. The van der Waals surface area contributed by atoms with Gasteiger partial charge in [-0.1, -0.05) is 24.2 Å². The van der Waals surface area contributed by atoms with Crippen LogP contribution in [0.3, 0.4) is 0 Å². The van der Waals surface area contributed by atoms with Crippen LogP contribution in [0.25, 0.3) is 0 Å². The second-order valence-corrected chi connectivity index (χ2v) is 4.76. The SMILES string of the molecule is CCc1nc(CN(C)C(C(=O)O)c2cccc(F)c2F)no1. The van der Waals surface area contributed by atoms with Gasteiger partial charge in [-0.25, -0.2) is 8.78 Å². The van der Waals surface area contributed by atoms with Crippen molar-refractivity contribution in [2.24, 2.45) is 0 Å². The Morgan fingerprint density at radius 2 is 2.18 bits per heavy atom. The zero-order valence-electron chi connectivity index (χ0n) is 12.1. The van der Waals surface area contributed by atoms with Gasteiger partial charge in [0.15, 0.2) is 17.5 Å². The summed E-state index contributed by atoms with van der Waals surface area (Å²) in [7, 11) is 1.46. The van der Waals surface area contributed by atoms with Gasteiger partial charge in [-0.3, -0.25) is 9.69 Å². The van der Waals surface area contributed by atoms with Crippen molar-refractivity contribution in [2.75, 3.05) is 7.05 Å². The average Bonchev–Trinajstić information content (AvgIpc) is 2.91. The fourth-order valence-corrected chi connectivity index (χ4v) is 2.10. The molecule has 118 valence electrons. The van der Waals surface area contributed by atoms with E-state index in [-0.39, 0.29) is 17.9 Å². The Morgan fingerprint density at radius 1 is 1.45 bits per heavy atom. The molecule has 1 heterocycles. The summed E-state index contributed by atoms with van der Waals surface area (Å²) in [6, 6.07) is 2.08. The highest BCUT2D eigenvalue weighted by Crippen LogP contribution is 2.25. The summed E-state index contributed by atoms with van der Waals surface area (Å²) in [5.41, 5.74) is -0.255. The number of aliphatic carboxylic acids is 1. The molecule has 1 aromatic heterocycles. The molecule has 1 aromatic carbocycles. The first-order valence-electron chi connectivity index (χ1n) is 6.62. The molecule has 6 nitrogen and oxygen atoms in total. The number of nitrogens with zero attached hydrogens (tertiary/aromatic N) is 3. The minimum atomic E-state index is -1.36. The van der Waals surface area contributed by atoms with Crippen molar-refractivity contribution >= 4 is 5.97 Å². The monoisotopic (exact) mass is 311 g/mol. The smallest absolute Gasteiger partial charge is 0.325 e. The summed E-state index contributed by atoms with van der Waals surface area (Å²) in [6.07, 6.45) is 0.553. The van der Waals surface area contributed by atoms with Crippen LogP contribution in [-0.4, -0.2) is 33.2 Å². The lowest BCUT2D eigenvalue weighted by Gasteiger charge is -2.24. The molecule has 22 heavy (non-hydrogen) atoms. The fraction of sp³-hybridized carbons (Fsp3) is 0.357. The molecule has 2 aromatic rings. The van der Waals surface area contributed by atoms with Crippen molar-refractivity contribution in [2.45, 2.75) is 25.9 Å². The van der Waals surface area contributed by atoms with Gasteiger partial charge in [-0.2, -0.15) is 4.98 Å². The van der Waals surface area contributed by atoms with Gasteiger partial charge in [0.2, 0.25) is 5.89 Å². The van der Waals surface area contributed by atoms with Gasteiger partial charge >= 0.3 is 5.97 Å². The quantitative estimate of drug-likeness (QED) is 0.880. The Hall–Kier alpha value is -2.35. The number of aryl methyl sites for hydroxylation is 1. The van der Waals surface area contributed by atoms with Gasteiger partial charge < -0.3 is 9.63 Å². The number of likely N-dealkylation sites (N-methyl/N-ethyl adjacent to an activating group) is 1. The Labute approximate surface area is 125 Å². The molecule has 0 aliphatic heterocycles. The number of hydrogen-bond acceptors (Lipinski definition) is 5. The minimum absolute atomic E-state index is 0.0242. The first kappa shape index (κ1) is 16.0. The third-order valence-electron chi connectivity index (χ3n) is 3.15. The molecule has 1 atom stereocenters. The van der Waals surface area contributed by atoms with E-state index in [2.05, 4.69) is 10.1 Å². The molecule has 2 rings (SSSR count). The Morgan fingerprint density at radius 3 is 2.77 bits per heavy atom. The first-order chi connectivity index (χ1) is 10.4. The Balaban J connectivity index is 2.27. The highest BCUT2D eigenvalue weighted by atomic mass is 19.2. The maximum absolute atomic E-state index is 13.9. The normalized spacial score (nSPS) is 12.6. The average molecular weight is 311 g/mol. The lowest BCUT2D eigenvalue weighted by molar-refractivity contribution is -0.143. The highest BCUT2D eigenvalue weighted by Gasteiger charge is 2.29. The number of halogens is 2. The van der Waals surface area contributed by atoms with Gasteiger partial charge in [0.1, 0.15) is 6.04 Å². The third-order valence-corrected chi connectivity index (χ3v) is 3.15. The van der Waals surface area contributed by atoms with E-state index in [1.807, 2.05) is 6.92 Å². The molecule has 0 aliphatic rings. The van der Waals surface area contributed by atoms with E-state index in [0.29, 0.717) is 12.3 Å². The summed E-state index contributed by atoms with van der Waals surface area (Å²) in [5, 5.41) is 13.1. The molecule has 0 fully saturated rings. The van der Waals surface area contributed by atoms with Gasteiger partial charge in [0.25, 0.3) is 0 Å². The first-order valence-corrected chi connectivity index (χ1v) is 6.62. The van der Waals surface area contributed by atoms with Crippen LogP contribution in [0.4, 0.5) is 8.78 Å². The van der Waals surface area contributed by atoms with Crippen molar-refractivity contribution in [1.29, 1.82) is 0 Å². The molecule has 1 unspecified atom stereocenters. The maximum Gasteiger partial charge on any atom is 0.325 e. The number of benzene rings is 1. The number of rotatable bonds is 6. The molecule has 1 N–H and O–H groups in total. The second-order valence-electron chi connectivity index (χ2n) is 4.76. The summed E-state index contributed by atoms with van der Waals surface area (Å²) < 4.78 is 32.1. The van der Waals surface area contributed by atoms with E-state index in [1.54, 1.807) is 0 Å². The number of carboxylic acids is 1. The molecule has 0 spiro atoms. The van der Waals surface area contributed by atoms with Gasteiger partial charge in [-0.05, 0) is 13.1 Å². The standard InChI is InChI=1S/C14H15F2N3O3/c1-3-11-17-10(18-22-11)7-19(2)13(14(20)21)8-5-4-6-9(15)12(8)16/h4-6,13H,3,7H2,1-2H3,(H,20,21). The minimum Gasteiger partial charge on any atom is -0.480 e. The summed E-state index contributed by atoms with van der Waals surface area (Å²) >= 11 is 0. The topological polar surface area (TPSA) is 79.5 Å². The van der Waals surface area contributed by atoms with E-state index in [1.165, 1.54) is 24.1 Å². The van der Waals surface area contributed by atoms with E-state index >= 15 is 0 Å². The van der Waals surface area contributed by atoms with E-state index < -0.39 is 23.6 Å². The van der Waals surface area contributed by atoms with Crippen molar-refractivity contribution in [3.05, 3.63) is 47.1 Å².